The van der Waals surface area contributed by atoms with Gasteiger partial charge in [0.25, 0.3) is 0 Å². The van der Waals surface area contributed by atoms with Crippen LogP contribution in [-0.2, 0) is 0 Å². The highest BCUT2D eigenvalue weighted by Crippen LogP contribution is 2.31. The van der Waals surface area contributed by atoms with E-state index in [4.69, 9.17) is 10.00 Å². The Bertz CT molecular complexity index is 636. The van der Waals surface area contributed by atoms with Gasteiger partial charge in [0.05, 0.1) is 23.9 Å². The molecule has 1 aromatic carbocycles. The summed E-state index contributed by atoms with van der Waals surface area (Å²) >= 11 is 3.31. The van der Waals surface area contributed by atoms with E-state index in [1.165, 1.54) is 0 Å². The molecule has 1 heterocycles. The second-order valence-corrected chi connectivity index (χ2v) is 4.90. The number of aliphatic hydroxyl groups excluding tert-OH is 1. The zero-order valence-electron chi connectivity index (χ0n) is 10.2. The number of nitrogens with zero attached hydrogens (tertiary/aromatic N) is 2. The number of aromatic nitrogens is 1. The van der Waals surface area contributed by atoms with Crippen LogP contribution in [0, 0.1) is 11.3 Å². The Morgan fingerprint density at radius 1 is 1.37 bits per heavy atom. The van der Waals surface area contributed by atoms with Crippen LogP contribution in [0.1, 0.15) is 24.2 Å². The molecule has 0 radical (unpaired) electrons. The molecular weight excluding hydrogens is 308 g/mol. The highest BCUT2D eigenvalue weighted by Gasteiger charge is 2.11. The van der Waals surface area contributed by atoms with E-state index in [1.54, 1.807) is 43.6 Å². The van der Waals surface area contributed by atoms with Crippen molar-refractivity contribution in [1.82, 2.24) is 4.98 Å². The van der Waals surface area contributed by atoms with Crippen molar-refractivity contribution in [2.24, 2.45) is 0 Å². The fourth-order valence-electron chi connectivity index (χ4n) is 1.61. The van der Waals surface area contributed by atoms with Crippen LogP contribution in [0.25, 0.3) is 0 Å². The second-order valence-electron chi connectivity index (χ2n) is 3.98. The molecule has 0 saturated carbocycles. The molecule has 1 N–H and O–H groups in total. The summed E-state index contributed by atoms with van der Waals surface area (Å²) in [6.07, 6.45) is 2.53. The van der Waals surface area contributed by atoms with Crippen molar-refractivity contribution in [3.05, 3.63) is 52.3 Å². The number of nitriles is 1. The Labute approximate surface area is 119 Å². The molecule has 0 aliphatic heterocycles. The molecule has 0 aliphatic rings. The molecule has 1 atom stereocenters. The lowest BCUT2D eigenvalue weighted by molar-refractivity contribution is 0.195. The zero-order valence-corrected chi connectivity index (χ0v) is 11.8. The van der Waals surface area contributed by atoms with Gasteiger partial charge in [-0.05, 0) is 41.1 Å². The lowest BCUT2D eigenvalue weighted by atomic mass is 10.1. The highest BCUT2D eigenvalue weighted by molar-refractivity contribution is 9.10. The van der Waals surface area contributed by atoms with Crippen LogP contribution in [0.2, 0.25) is 0 Å². The average molecular weight is 319 g/mol. The van der Waals surface area contributed by atoms with Gasteiger partial charge in [-0.3, -0.25) is 4.98 Å². The minimum Gasteiger partial charge on any atom is -0.455 e. The molecule has 0 unspecified atom stereocenters. The van der Waals surface area contributed by atoms with Gasteiger partial charge in [0.2, 0.25) is 0 Å². The van der Waals surface area contributed by atoms with Gasteiger partial charge in [0.15, 0.2) is 0 Å². The summed E-state index contributed by atoms with van der Waals surface area (Å²) in [6.45, 7) is 1.65. The third kappa shape index (κ3) is 3.31. The molecule has 0 bridgehead atoms. The number of hydrogen-bond donors (Lipinski definition) is 1. The van der Waals surface area contributed by atoms with Crippen LogP contribution in [0.5, 0.6) is 11.5 Å². The molecule has 0 spiro atoms. The number of pyridine rings is 1. The SMILES string of the molecule is C[C@H](O)c1ccc(C#N)cc1Oc1cncc(Br)c1. The first-order chi connectivity index (χ1) is 9.10. The Morgan fingerprint density at radius 3 is 2.79 bits per heavy atom. The summed E-state index contributed by atoms with van der Waals surface area (Å²) in [5.41, 5.74) is 1.10. The fourth-order valence-corrected chi connectivity index (χ4v) is 1.96. The zero-order chi connectivity index (χ0) is 13.8. The van der Waals surface area contributed by atoms with E-state index in [0.717, 1.165) is 4.47 Å². The maximum atomic E-state index is 9.71. The van der Waals surface area contributed by atoms with Crippen LogP contribution < -0.4 is 4.74 Å². The molecule has 2 aromatic rings. The largest absolute Gasteiger partial charge is 0.455 e. The third-order valence-electron chi connectivity index (χ3n) is 2.50. The molecule has 0 aliphatic carbocycles. The van der Waals surface area contributed by atoms with Gasteiger partial charge in [-0.1, -0.05) is 6.07 Å². The van der Waals surface area contributed by atoms with Gasteiger partial charge in [-0.2, -0.15) is 5.26 Å². The van der Waals surface area contributed by atoms with Crippen molar-refractivity contribution >= 4 is 15.9 Å². The Balaban J connectivity index is 2.40. The van der Waals surface area contributed by atoms with Crippen LogP contribution in [0.15, 0.2) is 41.1 Å². The molecule has 1 aromatic heterocycles. The standard InChI is InChI=1S/C14H11BrN2O2/c1-9(18)13-3-2-10(6-16)4-14(13)19-12-5-11(15)7-17-8-12/h2-5,7-9,18H,1H3/t9-/m0/s1. The summed E-state index contributed by atoms with van der Waals surface area (Å²) in [7, 11) is 0. The first kappa shape index (κ1) is 13.5. The van der Waals surface area contributed by atoms with E-state index in [9.17, 15) is 5.11 Å². The number of aliphatic hydroxyl groups is 1. The minimum absolute atomic E-state index is 0.453. The quantitative estimate of drug-likeness (QED) is 0.939. The van der Waals surface area contributed by atoms with Gasteiger partial charge >= 0.3 is 0 Å². The molecule has 0 amide bonds. The smallest absolute Gasteiger partial charge is 0.146 e. The molecule has 4 nitrogen and oxygen atoms in total. The molecule has 96 valence electrons. The van der Waals surface area contributed by atoms with E-state index < -0.39 is 6.10 Å². The molecule has 0 saturated heterocycles. The summed E-state index contributed by atoms with van der Waals surface area (Å²) in [6, 6.07) is 8.74. The van der Waals surface area contributed by atoms with Gasteiger partial charge in [0.1, 0.15) is 11.5 Å². The predicted octanol–water partition coefficient (Wildman–Crippen LogP) is 3.56. The summed E-state index contributed by atoms with van der Waals surface area (Å²) in [5.74, 6) is 0.986. The van der Waals surface area contributed by atoms with Crippen molar-refractivity contribution in [3.63, 3.8) is 0 Å². The number of halogens is 1. The van der Waals surface area contributed by atoms with Crippen LogP contribution in [0.4, 0.5) is 0 Å². The normalized spacial score (nSPS) is 11.7. The summed E-state index contributed by atoms with van der Waals surface area (Å²) in [4.78, 5) is 4.00. The first-order valence-corrected chi connectivity index (χ1v) is 6.40. The summed E-state index contributed by atoms with van der Waals surface area (Å²) in [5, 5.41) is 18.6. The lowest BCUT2D eigenvalue weighted by Gasteiger charge is -2.13. The van der Waals surface area contributed by atoms with Crippen molar-refractivity contribution in [3.8, 4) is 17.6 Å². The van der Waals surface area contributed by atoms with Crippen molar-refractivity contribution in [2.45, 2.75) is 13.0 Å². The van der Waals surface area contributed by atoms with Crippen molar-refractivity contribution in [2.75, 3.05) is 0 Å². The average Bonchev–Trinajstić information content (AvgIpc) is 2.38. The van der Waals surface area contributed by atoms with Crippen molar-refractivity contribution < 1.29 is 9.84 Å². The monoisotopic (exact) mass is 318 g/mol. The lowest BCUT2D eigenvalue weighted by Crippen LogP contribution is -1.97. The Kier molecular flexibility index (Phi) is 4.15. The maximum Gasteiger partial charge on any atom is 0.146 e. The second kappa shape index (κ2) is 5.83. The van der Waals surface area contributed by atoms with E-state index in [0.29, 0.717) is 22.6 Å². The number of rotatable bonds is 3. The Morgan fingerprint density at radius 2 is 2.16 bits per heavy atom. The van der Waals surface area contributed by atoms with E-state index in [2.05, 4.69) is 20.9 Å². The number of ether oxygens (including phenoxy) is 1. The van der Waals surface area contributed by atoms with Gasteiger partial charge in [-0.15, -0.1) is 0 Å². The first-order valence-electron chi connectivity index (χ1n) is 5.60. The number of hydrogen-bond acceptors (Lipinski definition) is 4. The fraction of sp³-hybridized carbons (Fsp3) is 0.143. The number of benzene rings is 1. The Hall–Kier alpha value is -1.90. The van der Waals surface area contributed by atoms with E-state index in [-0.39, 0.29) is 0 Å². The topological polar surface area (TPSA) is 66.1 Å². The molecule has 0 fully saturated rings. The molecule has 2 rings (SSSR count). The highest BCUT2D eigenvalue weighted by atomic mass is 79.9. The van der Waals surface area contributed by atoms with Gasteiger partial charge in [-0.25, -0.2) is 0 Å². The van der Waals surface area contributed by atoms with E-state index >= 15 is 0 Å². The minimum atomic E-state index is -0.678. The molecule has 5 heteroatoms. The third-order valence-corrected chi connectivity index (χ3v) is 2.93. The molecule has 19 heavy (non-hydrogen) atoms. The predicted molar refractivity (Wildman–Crippen MR) is 73.8 cm³/mol. The van der Waals surface area contributed by atoms with Crippen LogP contribution in [-0.4, -0.2) is 10.1 Å². The van der Waals surface area contributed by atoms with Crippen LogP contribution in [0.3, 0.4) is 0 Å². The van der Waals surface area contributed by atoms with Gasteiger partial charge in [0, 0.05) is 16.2 Å². The van der Waals surface area contributed by atoms with Gasteiger partial charge < -0.3 is 9.84 Å². The van der Waals surface area contributed by atoms with E-state index in [1.807, 2.05) is 6.07 Å². The summed E-state index contributed by atoms with van der Waals surface area (Å²) < 4.78 is 6.48. The maximum absolute atomic E-state index is 9.71. The van der Waals surface area contributed by atoms with Crippen molar-refractivity contribution in [1.29, 1.82) is 5.26 Å². The molecular formula is C14H11BrN2O2. The van der Waals surface area contributed by atoms with Crippen LogP contribution >= 0.6 is 15.9 Å².